The van der Waals surface area contributed by atoms with Crippen molar-refractivity contribution in [3.63, 3.8) is 0 Å². The third-order valence-electron chi connectivity index (χ3n) is 3.72. The van der Waals surface area contributed by atoms with E-state index in [0.29, 0.717) is 38.0 Å². The van der Waals surface area contributed by atoms with Gasteiger partial charge in [0.1, 0.15) is 5.60 Å². The summed E-state index contributed by atoms with van der Waals surface area (Å²) in [6.45, 7) is 1.94. The van der Waals surface area contributed by atoms with Crippen LogP contribution in [0.4, 0.5) is 0 Å². The van der Waals surface area contributed by atoms with E-state index in [1.54, 1.807) is 12.1 Å². The monoisotopic (exact) mass is 337 g/mol. The second-order valence-corrected chi connectivity index (χ2v) is 5.94. The molecule has 20 heavy (non-hydrogen) atoms. The Balaban J connectivity index is 2.00. The minimum atomic E-state index is -1.36. The first-order chi connectivity index (χ1) is 9.44. The number of primary amides is 1. The van der Waals surface area contributed by atoms with Crippen molar-refractivity contribution in [2.75, 3.05) is 13.1 Å². The van der Waals surface area contributed by atoms with E-state index >= 15 is 0 Å². The molecule has 0 radical (unpaired) electrons. The van der Waals surface area contributed by atoms with Crippen molar-refractivity contribution in [3.05, 3.63) is 33.8 Å². The fraction of sp³-hybridized carbons (Fsp3) is 0.429. The van der Waals surface area contributed by atoms with Crippen LogP contribution in [-0.2, 0) is 11.3 Å². The lowest BCUT2D eigenvalue weighted by Crippen LogP contribution is -2.51. The predicted molar refractivity (Wildman–Crippen MR) is 77.5 cm³/mol. The molecule has 1 aromatic rings. The molecule has 1 aromatic carbocycles. The van der Waals surface area contributed by atoms with Gasteiger partial charge in [-0.25, -0.2) is 0 Å². The quantitative estimate of drug-likeness (QED) is 0.865. The molecule has 1 aliphatic rings. The van der Waals surface area contributed by atoms with Gasteiger partial charge in [-0.3, -0.25) is 9.69 Å². The predicted octanol–water partition coefficient (Wildman–Crippen LogP) is 1.13. The molecule has 2 rings (SSSR count). The average Bonchev–Trinajstić information content (AvgIpc) is 2.43. The van der Waals surface area contributed by atoms with E-state index in [1.165, 1.54) is 0 Å². The van der Waals surface area contributed by atoms with Gasteiger partial charge in [0, 0.05) is 24.1 Å². The van der Waals surface area contributed by atoms with E-state index in [0.717, 1.165) is 10.0 Å². The maximum absolute atomic E-state index is 11.2. The van der Waals surface area contributed by atoms with Crippen LogP contribution >= 0.6 is 15.9 Å². The normalized spacial score (nSPS) is 18.4. The van der Waals surface area contributed by atoms with Crippen molar-refractivity contribution in [1.29, 1.82) is 5.26 Å². The van der Waals surface area contributed by atoms with Crippen LogP contribution in [0, 0.1) is 11.3 Å². The summed E-state index contributed by atoms with van der Waals surface area (Å²) in [7, 11) is 0. The SMILES string of the molecule is N#Cc1ccc(CN2CCC(O)(C(N)=O)CC2)c(Br)c1. The Kier molecular flexibility index (Phi) is 4.43. The van der Waals surface area contributed by atoms with Gasteiger partial charge in [0.25, 0.3) is 0 Å². The number of amides is 1. The maximum atomic E-state index is 11.2. The van der Waals surface area contributed by atoms with Gasteiger partial charge >= 0.3 is 0 Å². The minimum absolute atomic E-state index is 0.357. The third-order valence-corrected chi connectivity index (χ3v) is 4.46. The molecule has 1 fully saturated rings. The molecule has 0 unspecified atom stereocenters. The Labute approximate surface area is 126 Å². The second kappa shape index (κ2) is 5.92. The summed E-state index contributed by atoms with van der Waals surface area (Å²) in [6.07, 6.45) is 0.715. The van der Waals surface area contributed by atoms with Crippen LogP contribution < -0.4 is 5.73 Å². The first kappa shape index (κ1) is 15.0. The summed E-state index contributed by atoms with van der Waals surface area (Å²) in [6, 6.07) is 7.58. The highest BCUT2D eigenvalue weighted by Gasteiger charge is 2.37. The van der Waals surface area contributed by atoms with Crippen LogP contribution in [0.2, 0.25) is 0 Å². The van der Waals surface area contributed by atoms with Crippen molar-refractivity contribution in [1.82, 2.24) is 4.90 Å². The Bertz CT molecular complexity index is 560. The van der Waals surface area contributed by atoms with Crippen LogP contribution in [-0.4, -0.2) is 34.6 Å². The van der Waals surface area contributed by atoms with Crippen LogP contribution in [0.5, 0.6) is 0 Å². The summed E-state index contributed by atoms with van der Waals surface area (Å²) < 4.78 is 0.896. The second-order valence-electron chi connectivity index (χ2n) is 5.09. The number of nitrogens with zero attached hydrogens (tertiary/aromatic N) is 2. The van der Waals surface area contributed by atoms with E-state index in [2.05, 4.69) is 26.9 Å². The lowest BCUT2D eigenvalue weighted by molar-refractivity contribution is -0.141. The standard InChI is InChI=1S/C14H16BrN3O2/c15-12-7-10(8-16)1-2-11(12)9-18-5-3-14(20,4-6-18)13(17)19/h1-2,7,20H,3-6,9H2,(H2,17,19). The van der Waals surface area contributed by atoms with E-state index in [9.17, 15) is 9.90 Å². The van der Waals surface area contributed by atoms with Gasteiger partial charge in [0.15, 0.2) is 0 Å². The molecule has 5 nitrogen and oxygen atoms in total. The lowest BCUT2D eigenvalue weighted by Gasteiger charge is -2.36. The van der Waals surface area contributed by atoms with Crippen molar-refractivity contribution >= 4 is 21.8 Å². The molecule has 106 valence electrons. The number of nitriles is 1. The van der Waals surface area contributed by atoms with E-state index in [-0.39, 0.29) is 0 Å². The van der Waals surface area contributed by atoms with Gasteiger partial charge in [-0.1, -0.05) is 22.0 Å². The minimum Gasteiger partial charge on any atom is -0.380 e. The number of likely N-dealkylation sites (tertiary alicyclic amines) is 1. The zero-order valence-electron chi connectivity index (χ0n) is 11.0. The number of carbonyl (C=O) groups is 1. The van der Waals surface area contributed by atoms with Crippen LogP contribution in [0.15, 0.2) is 22.7 Å². The fourth-order valence-corrected chi connectivity index (χ4v) is 2.82. The highest BCUT2D eigenvalue weighted by molar-refractivity contribution is 9.10. The van der Waals surface area contributed by atoms with E-state index < -0.39 is 11.5 Å². The molecule has 1 saturated heterocycles. The Morgan fingerprint density at radius 1 is 1.50 bits per heavy atom. The molecule has 0 atom stereocenters. The topological polar surface area (TPSA) is 90.3 Å². The number of benzene rings is 1. The van der Waals surface area contributed by atoms with Gasteiger partial charge in [0.05, 0.1) is 11.6 Å². The Morgan fingerprint density at radius 3 is 2.65 bits per heavy atom. The summed E-state index contributed by atoms with van der Waals surface area (Å²) in [4.78, 5) is 13.3. The van der Waals surface area contributed by atoms with Gasteiger partial charge in [0.2, 0.25) is 5.91 Å². The molecule has 1 amide bonds. The molecule has 0 bridgehead atoms. The molecule has 1 aliphatic heterocycles. The smallest absolute Gasteiger partial charge is 0.249 e. The van der Waals surface area contributed by atoms with Crippen molar-refractivity contribution in [2.24, 2.45) is 5.73 Å². The number of piperidine rings is 1. The highest BCUT2D eigenvalue weighted by Crippen LogP contribution is 2.25. The van der Waals surface area contributed by atoms with Crippen LogP contribution in [0.25, 0.3) is 0 Å². The van der Waals surface area contributed by atoms with Crippen LogP contribution in [0.3, 0.4) is 0 Å². The molecule has 3 N–H and O–H groups in total. The van der Waals surface area contributed by atoms with Gasteiger partial charge < -0.3 is 10.8 Å². The molecular formula is C14H16BrN3O2. The summed E-state index contributed by atoms with van der Waals surface area (Å²) in [5.74, 6) is -0.642. The maximum Gasteiger partial charge on any atom is 0.249 e. The molecule has 6 heteroatoms. The first-order valence-electron chi connectivity index (χ1n) is 6.38. The summed E-state index contributed by atoms with van der Waals surface area (Å²) >= 11 is 3.46. The Morgan fingerprint density at radius 2 is 2.15 bits per heavy atom. The number of halogens is 1. The molecule has 0 spiro atoms. The molecule has 1 heterocycles. The number of aliphatic hydroxyl groups is 1. The summed E-state index contributed by atoms with van der Waals surface area (Å²) in [5.41, 5.74) is 5.54. The number of carbonyl (C=O) groups excluding carboxylic acids is 1. The van der Waals surface area contributed by atoms with Crippen molar-refractivity contribution in [2.45, 2.75) is 25.0 Å². The molecule has 0 saturated carbocycles. The van der Waals surface area contributed by atoms with Gasteiger partial charge in [-0.15, -0.1) is 0 Å². The van der Waals surface area contributed by atoms with E-state index in [1.807, 2.05) is 6.07 Å². The molecule has 0 aromatic heterocycles. The van der Waals surface area contributed by atoms with E-state index in [4.69, 9.17) is 11.0 Å². The van der Waals surface area contributed by atoms with Gasteiger partial charge in [-0.05, 0) is 30.5 Å². The lowest BCUT2D eigenvalue weighted by atomic mass is 9.90. The van der Waals surface area contributed by atoms with Crippen molar-refractivity contribution in [3.8, 4) is 6.07 Å². The summed E-state index contributed by atoms with van der Waals surface area (Å²) in [5, 5.41) is 18.8. The molecular weight excluding hydrogens is 322 g/mol. The van der Waals surface area contributed by atoms with Gasteiger partial charge in [-0.2, -0.15) is 5.26 Å². The zero-order chi connectivity index (χ0) is 14.8. The number of hydrogen-bond donors (Lipinski definition) is 2. The fourth-order valence-electron chi connectivity index (χ4n) is 2.31. The zero-order valence-corrected chi connectivity index (χ0v) is 12.6. The average molecular weight is 338 g/mol. The highest BCUT2D eigenvalue weighted by atomic mass is 79.9. The number of rotatable bonds is 3. The van der Waals surface area contributed by atoms with Crippen molar-refractivity contribution < 1.29 is 9.90 Å². The largest absolute Gasteiger partial charge is 0.380 e. The molecule has 0 aliphatic carbocycles. The van der Waals surface area contributed by atoms with Crippen LogP contribution in [0.1, 0.15) is 24.0 Å². The Hall–Kier alpha value is -1.42. The first-order valence-corrected chi connectivity index (χ1v) is 7.17. The number of nitrogens with two attached hydrogens (primary N) is 1. The number of hydrogen-bond acceptors (Lipinski definition) is 4. The third kappa shape index (κ3) is 3.18.